The molecule has 3 heterocycles. The standard InChI is InChI=1S/C23H22O6.C19H26O3/c1-11(2)16-8-14-15(28-16)6-5-12-22(24)21-13-7-18(25-3)19(26-4)9-17(13)27-10-20(21)29-23(12)14;1-19-8-7-12-13(15(19)5-6-18(19)21)4-3-11-9-16(20)17(22-2)10-14(11)12/h5-7,9,16,20-21H,1,8,10H2,2-4H3;9-10,12-13,15,18,20-21H,3-8H2,1-2H3/t16-,20-,21+;12-,13+,15-,18-,19-/m10/s1. The smallest absolute Gasteiger partial charge is 0.178 e. The Kier molecular flexibility index (Phi) is 8.40. The van der Waals surface area contributed by atoms with E-state index >= 15 is 0 Å². The van der Waals surface area contributed by atoms with Crippen LogP contribution in [0.1, 0.15) is 90.4 Å². The van der Waals surface area contributed by atoms with Crippen molar-refractivity contribution in [2.45, 2.75) is 88.9 Å². The summed E-state index contributed by atoms with van der Waals surface area (Å²) in [6.45, 7) is 8.52. The monoisotopic (exact) mass is 696 g/mol. The van der Waals surface area contributed by atoms with Gasteiger partial charge in [0.2, 0.25) is 0 Å². The molecule has 0 amide bonds. The normalized spacial score (nSPS) is 30.5. The highest BCUT2D eigenvalue weighted by Gasteiger charge is 2.54. The number of phenols is 1. The van der Waals surface area contributed by atoms with Crippen LogP contribution in [0, 0.1) is 17.3 Å². The van der Waals surface area contributed by atoms with Crippen molar-refractivity contribution in [1.29, 1.82) is 0 Å². The second-order valence-corrected chi connectivity index (χ2v) is 15.4. The quantitative estimate of drug-likeness (QED) is 0.271. The average molecular weight is 697 g/mol. The van der Waals surface area contributed by atoms with E-state index in [0.29, 0.717) is 58.5 Å². The van der Waals surface area contributed by atoms with Gasteiger partial charge in [0.25, 0.3) is 0 Å². The molecular weight excluding hydrogens is 648 g/mol. The molecular formula is C42H48O9. The molecule has 3 aliphatic heterocycles. The molecule has 0 saturated heterocycles. The summed E-state index contributed by atoms with van der Waals surface area (Å²) in [5.74, 6) is 5.44. The zero-order valence-electron chi connectivity index (χ0n) is 30.1. The van der Waals surface area contributed by atoms with E-state index in [-0.39, 0.29) is 35.8 Å². The fourth-order valence-electron chi connectivity index (χ4n) is 10.1. The van der Waals surface area contributed by atoms with E-state index in [0.717, 1.165) is 48.1 Å². The molecule has 9 heteroatoms. The Morgan fingerprint density at radius 2 is 1.67 bits per heavy atom. The molecule has 0 radical (unpaired) electrons. The maximum atomic E-state index is 13.5. The van der Waals surface area contributed by atoms with Crippen molar-refractivity contribution < 1.29 is 43.4 Å². The van der Waals surface area contributed by atoms with Gasteiger partial charge in [-0.1, -0.05) is 13.5 Å². The highest BCUT2D eigenvalue weighted by atomic mass is 16.5. The molecule has 2 fully saturated rings. The van der Waals surface area contributed by atoms with E-state index in [9.17, 15) is 15.0 Å². The van der Waals surface area contributed by atoms with Gasteiger partial charge in [-0.3, -0.25) is 4.79 Å². The number of aryl methyl sites for hydroxylation is 1. The highest BCUT2D eigenvalue weighted by molar-refractivity contribution is 6.06. The van der Waals surface area contributed by atoms with Crippen LogP contribution in [0.3, 0.4) is 0 Å². The molecule has 6 aliphatic rings. The van der Waals surface area contributed by atoms with E-state index in [1.54, 1.807) is 33.5 Å². The Morgan fingerprint density at radius 3 is 2.41 bits per heavy atom. The maximum absolute atomic E-state index is 13.5. The van der Waals surface area contributed by atoms with Crippen LogP contribution in [0.15, 0.2) is 48.6 Å². The van der Waals surface area contributed by atoms with E-state index in [1.807, 2.05) is 25.1 Å². The van der Waals surface area contributed by atoms with E-state index < -0.39 is 12.0 Å². The minimum Gasteiger partial charge on any atom is -0.504 e. The Hall–Kier alpha value is -4.37. The van der Waals surface area contributed by atoms with Crippen LogP contribution >= 0.6 is 0 Å². The fraction of sp³-hybridized carbons (Fsp3) is 0.500. The first-order valence-electron chi connectivity index (χ1n) is 18.2. The number of ketones is 1. The van der Waals surface area contributed by atoms with Gasteiger partial charge in [-0.2, -0.15) is 0 Å². The lowest BCUT2D eigenvalue weighted by molar-refractivity contribution is -0.0226. The zero-order chi connectivity index (χ0) is 35.8. The molecule has 3 aliphatic carbocycles. The maximum Gasteiger partial charge on any atom is 0.178 e. The number of aromatic hydroxyl groups is 1. The average Bonchev–Trinajstić information content (AvgIpc) is 3.72. The Bertz CT molecular complexity index is 1900. The number of ether oxygens (including phenoxy) is 6. The third kappa shape index (κ3) is 5.33. The minimum absolute atomic E-state index is 0.0228. The lowest BCUT2D eigenvalue weighted by Crippen LogP contribution is -2.43. The minimum atomic E-state index is -0.455. The number of rotatable bonds is 4. The number of aliphatic hydroxyl groups is 1. The Morgan fingerprint density at radius 1 is 0.922 bits per heavy atom. The van der Waals surface area contributed by atoms with Crippen LogP contribution in [0.2, 0.25) is 0 Å². The zero-order valence-corrected chi connectivity index (χ0v) is 30.1. The van der Waals surface area contributed by atoms with Crippen LogP contribution in [0.4, 0.5) is 0 Å². The summed E-state index contributed by atoms with van der Waals surface area (Å²) in [4.78, 5) is 13.5. The molecule has 2 N–H and O–H groups in total. The molecule has 8 atom stereocenters. The van der Waals surface area contributed by atoms with Gasteiger partial charge in [-0.25, -0.2) is 0 Å². The van der Waals surface area contributed by atoms with Crippen LogP contribution in [0.25, 0.3) is 0 Å². The first-order chi connectivity index (χ1) is 24.6. The van der Waals surface area contributed by atoms with Crippen molar-refractivity contribution in [3.05, 3.63) is 76.4 Å². The summed E-state index contributed by atoms with van der Waals surface area (Å²) in [5.41, 5.74) is 6.02. The predicted molar refractivity (Wildman–Crippen MR) is 191 cm³/mol. The summed E-state index contributed by atoms with van der Waals surface area (Å²) < 4.78 is 34.3. The van der Waals surface area contributed by atoms with E-state index in [4.69, 9.17) is 28.4 Å². The lowest BCUT2D eigenvalue weighted by Gasteiger charge is -2.50. The van der Waals surface area contributed by atoms with Gasteiger partial charge in [-0.05, 0) is 116 Å². The molecule has 2 saturated carbocycles. The van der Waals surface area contributed by atoms with Crippen LogP contribution < -0.4 is 28.4 Å². The van der Waals surface area contributed by atoms with Crippen LogP contribution in [0.5, 0.6) is 40.2 Å². The van der Waals surface area contributed by atoms with Gasteiger partial charge in [0, 0.05) is 23.6 Å². The first-order valence-corrected chi connectivity index (χ1v) is 18.2. The lowest BCUT2D eigenvalue weighted by atomic mass is 9.55. The third-order valence-corrected chi connectivity index (χ3v) is 12.8. The van der Waals surface area contributed by atoms with Crippen molar-refractivity contribution in [3.63, 3.8) is 0 Å². The second-order valence-electron chi connectivity index (χ2n) is 15.4. The molecule has 0 aromatic heterocycles. The summed E-state index contributed by atoms with van der Waals surface area (Å²) in [6.07, 6.45) is 6.67. The highest BCUT2D eigenvalue weighted by Crippen LogP contribution is 2.61. The SMILES string of the molecule is C=C(C)[C@H]1Cc2c(ccc3c2O[C@@H]2COc4cc(OC)c(OC)cc4[C@@H]2C3=O)O1.COc1cc2c(cc1O)CC[C@@H]1[C@@H]2CC[C@]2(C)[C@@H](O)CC[C@@H]12. The summed E-state index contributed by atoms with van der Waals surface area (Å²) >= 11 is 0. The van der Waals surface area contributed by atoms with Crippen LogP contribution in [-0.4, -0.2) is 62.2 Å². The molecule has 3 aromatic carbocycles. The molecule has 0 unspecified atom stereocenters. The number of fused-ring (bicyclic) bond motifs is 11. The van der Waals surface area contributed by atoms with Gasteiger partial charge >= 0.3 is 0 Å². The number of carbonyl (C=O) groups is 1. The van der Waals surface area contributed by atoms with Gasteiger partial charge in [-0.15, -0.1) is 0 Å². The molecule has 9 nitrogen and oxygen atoms in total. The summed E-state index contributed by atoms with van der Waals surface area (Å²) in [6, 6.07) is 11.2. The second kappa shape index (κ2) is 12.7. The third-order valence-electron chi connectivity index (χ3n) is 12.8. The number of aliphatic hydroxyl groups excluding tert-OH is 1. The Labute approximate surface area is 299 Å². The van der Waals surface area contributed by atoms with Gasteiger partial charge in [0.1, 0.15) is 36.1 Å². The van der Waals surface area contributed by atoms with Crippen molar-refractivity contribution >= 4 is 5.78 Å². The van der Waals surface area contributed by atoms with Gasteiger partial charge < -0.3 is 38.6 Å². The number of hydrogen-bond donors (Lipinski definition) is 2. The Balaban J connectivity index is 0.000000152. The summed E-state index contributed by atoms with van der Waals surface area (Å²) in [5, 5.41) is 20.5. The fourth-order valence-corrected chi connectivity index (χ4v) is 10.1. The van der Waals surface area contributed by atoms with Crippen molar-refractivity contribution in [2.24, 2.45) is 17.3 Å². The molecule has 9 rings (SSSR count). The number of phenolic OH excluding ortho intramolecular Hbond substituents is 1. The van der Waals surface area contributed by atoms with Gasteiger partial charge in [0.15, 0.2) is 28.8 Å². The predicted octanol–water partition coefficient (Wildman–Crippen LogP) is 7.32. The van der Waals surface area contributed by atoms with Crippen molar-refractivity contribution in [2.75, 3.05) is 27.9 Å². The molecule has 51 heavy (non-hydrogen) atoms. The number of Topliss-reactive ketones (excluding diaryl/α,β-unsaturated/α-hetero) is 1. The van der Waals surface area contributed by atoms with Crippen molar-refractivity contribution in [3.8, 4) is 40.2 Å². The van der Waals surface area contributed by atoms with Crippen LogP contribution in [-0.2, 0) is 12.8 Å². The number of carbonyl (C=O) groups excluding carboxylic acids is 1. The van der Waals surface area contributed by atoms with Crippen molar-refractivity contribution in [1.82, 2.24) is 0 Å². The number of hydrogen-bond acceptors (Lipinski definition) is 9. The number of benzene rings is 3. The topological polar surface area (TPSA) is 113 Å². The molecule has 270 valence electrons. The molecule has 3 aromatic rings. The summed E-state index contributed by atoms with van der Waals surface area (Å²) in [7, 11) is 4.76. The molecule has 0 spiro atoms. The number of methoxy groups -OCH3 is 3. The first kappa shape index (κ1) is 33.8. The van der Waals surface area contributed by atoms with E-state index in [1.165, 1.54) is 24.0 Å². The van der Waals surface area contributed by atoms with E-state index in [2.05, 4.69) is 19.6 Å². The van der Waals surface area contributed by atoms with Gasteiger partial charge in [0.05, 0.1) is 38.9 Å². The molecule has 0 bridgehead atoms. The largest absolute Gasteiger partial charge is 0.504 e.